The second-order valence-corrected chi connectivity index (χ2v) is 6.13. The van der Waals surface area contributed by atoms with Crippen molar-refractivity contribution in [1.29, 1.82) is 0 Å². The molecule has 0 bridgehead atoms. The fourth-order valence-electron chi connectivity index (χ4n) is 2.67. The molecule has 2 atom stereocenters. The van der Waals surface area contributed by atoms with Gasteiger partial charge in [-0.25, -0.2) is 0 Å². The highest BCUT2D eigenvalue weighted by molar-refractivity contribution is 5.85. The van der Waals surface area contributed by atoms with Crippen molar-refractivity contribution in [3.05, 3.63) is 29.8 Å². The maximum Gasteiger partial charge on any atom is 0.224 e. The minimum Gasteiger partial charge on any atom is -0.491 e. The van der Waals surface area contributed by atoms with Crippen LogP contribution in [0.2, 0.25) is 0 Å². The van der Waals surface area contributed by atoms with Crippen molar-refractivity contribution >= 4 is 18.3 Å². The Morgan fingerprint density at radius 1 is 1.45 bits per heavy atom. The van der Waals surface area contributed by atoms with Crippen LogP contribution in [0.3, 0.4) is 0 Å². The van der Waals surface area contributed by atoms with Crippen molar-refractivity contribution < 1.29 is 9.53 Å². The molecule has 22 heavy (non-hydrogen) atoms. The summed E-state index contributed by atoms with van der Waals surface area (Å²) in [7, 11) is 0. The van der Waals surface area contributed by atoms with E-state index in [0.717, 1.165) is 30.8 Å². The average molecular weight is 327 g/mol. The monoisotopic (exact) mass is 326 g/mol. The number of halogens is 1. The van der Waals surface area contributed by atoms with Gasteiger partial charge in [0.2, 0.25) is 5.91 Å². The summed E-state index contributed by atoms with van der Waals surface area (Å²) in [5.74, 6) is 1.40. The van der Waals surface area contributed by atoms with Crippen molar-refractivity contribution in [3.8, 4) is 5.75 Å². The van der Waals surface area contributed by atoms with Gasteiger partial charge < -0.3 is 15.4 Å². The normalized spacial score (nSPS) is 21.1. The zero-order valence-corrected chi connectivity index (χ0v) is 14.4. The highest BCUT2D eigenvalue weighted by Gasteiger charge is 2.22. The molecule has 2 unspecified atom stereocenters. The van der Waals surface area contributed by atoms with Crippen LogP contribution in [0.1, 0.15) is 32.8 Å². The van der Waals surface area contributed by atoms with Crippen LogP contribution in [0, 0.1) is 5.92 Å². The summed E-state index contributed by atoms with van der Waals surface area (Å²) in [6, 6.07) is 8.07. The smallest absolute Gasteiger partial charge is 0.224 e. The molecule has 0 aliphatic carbocycles. The molecule has 0 radical (unpaired) electrons. The third-order valence-electron chi connectivity index (χ3n) is 3.77. The number of hydrogen-bond donors (Lipinski definition) is 2. The Kier molecular flexibility index (Phi) is 7.69. The summed E-state index contributed by atoms with van der Waals surface area (Å²) < 4.78 is 5.66. The molecule has 0 aromatic heterocycles. The number of carbonyl (C=O) groups is 1. The fraction of sp³-hybridized carbons (Fsp3) is 0.588. The van der Waals surface area contributed by atoms with Crippen molar-refractivity contribution in [2.75, 3.05) is 13.1 Å². The Labute approximate surface area is 139 Å². The standard InChI is InChI=1S/C17H26N2O2.ClH/c1-12(2)21-15-6-4-5-14(9-15)10-17(20)19-16-7-8-18-11-13(16)3;/h4-6,9,12-13,16,18H,7-8,10-11H2,1-3H3,(H,19,20);1H. The summed E-state index contributed by atoms with van der Waals surface area (Å²) in [5, 5.41) is 6.50. The minimum atomic E-state index is 0. The topological polar surface area (TPSA) is 50.4 Å². The Bertz CT molecular complexity index is 479. The Balaban J connectivity index is 0.00000242. The summed E-state index contributed by atoms with van der Waals surface area (Å²) in [5.41, 5.74) is 0.993. The van der Waals surface area contributed by atoms with Crippen LogP contribution in [0.15, 0.2) is 24.3 Å². The quantitative estimate of drug-likeness (QED) is 0.874. The van der Waals surface area contributed by atoms with Gasteiger partial charge in [0.15, 0.2) is 0 Å². The van der Waals surface area contributed by atoms with E-state index in [0.29, 0.717) is 12.3 Å². The van der Waals surface area contributed by atoms with Crippen LogP contribution in [-0.4, -0.2) is 31.1 Å². The number of amides is 1. The minimum absolute atomic E-state index is 0. The van der Waals surface area contributed by atoms with Crippen LogP contribution in [0.5, 0.6) is 5.75 Å². The lowest BCUT2D eigenvalue weighted by atomic mass is 9.95. The van der Waals surface area contributed by atoms with Crippen LogP contribution in [0.25, 0.3) is 0 Å². The third kappa shape index (κ3) is 5.85. The van der Waals surface area contributed by atoms with Gasteiger partial charge in [0.05, 0.1) is 12.5 Å². The summed E-state index contributed by atoms with van der Waals surface area (Å²) in [6.07, 6.45) is 1.56. The molecule has 4 nitrogen and oxygen atoms in total. The molecule has 1 aliphatic rings. The molecule has 124 valence electrons. The van der Waals surface area contributed by atoms with E-state index in [1.165, 1.54) is 0 Å². The first-order valence-electron chi connectivity index (χ1n) is 7.80. The Hall–Kier alpha value is -1.26. The van der Waals surface area contributed by atoms with Gasteiger partial charge in [0.1, 0.15) is 5.75 Å². The maximum absolute atomic E-state index is 12.2. The lowest BCUT2D eigenvalue weighted by Crippen LogP contribution is -2.48. The van der Waals surface area contributed by atoms with E-state index < -0.39 is 0 Å². The van der Waals surface area contributed by atoms with E-state index in [4.69, 9.17) is 4.74 Å². The van der Waals surface area contributed by atoms with E-state index in [1.807, 2.05) is 38.1 Å². The highest BCUT2D eigenvalue weighted by Crippen LogP contribution is 2.16. The molecule has 1 amide bonds. The molecule has 1 aromatic carbocycles. The van der Waals surface area contributed by atoms with Crippen LogP contribution in [-0.2, 0) is 11.2 Å². The van der Waals surface area contributed by atoms with Gasteiger partial charge in [-0.2, -0.15) is 0 Å². The van der Waals surface area contributed by atoms with Crippen molar-refractivity contribution in [1.82, 2.24) is 10.6 Å². The predicted octanol–water partition coefficient (Wildman–Crippen LogP) is 2.55. The Morgan fingerprint density at radius 3 is 2.91 bits per heavy atom. The van der Waals surface area contributed by atoms with E-state index in [2.05, 4.69) is 17.6 Å². The molecule has 2 N–H and O–H groups in total. The first-order valence-corrected chi connectivity index (χ1v) is 7.80. The molecule has 2 rings (SSSR count). The van der Waals surface area contributed by atoms with E-state index >= 15 is 0 Å². The summed E-state index contributed by atoms with van der Waals surface area (Å²) in [6.45, 7) is 8.12. The van der Waals surface area contributed by atoms with Crippen molar-refractivity contribution in [3.63, 3.8) is 0 Å². The average Bonchev–Trinajstić information content (AvgIpc) is 2.41. The molecule has 1 fully saturated rings. The number of piperidine rings is 1. The van der Waals surface area contributed by atoms with Gasteiger partial charge in [0.25, 0.3) is 0 Å². The number of carbonyl (C=O) groups excluding carboxylic acids is 1. The number of benzene rings is 1. The molecular formula is C17H27ClN2O2. The first-order chi connectivity index (χ1) is 10.0. The van der Waals surface area contributed by atoms with Crippen LogP contribution >= 0.6 is 12.4 Å². The molecule has 0 saturated carbocycles. The highest BCUT2D eigenvalue weighted by atomic mass is 35.5. The van der Waals surface area contributed by atoms with Gasteiger partial charge in [0, 0.05) is 6.04 Å². The van der Waals surface area contributed by atoms with Gasteiger partial charge >= 0.3 is 0 Å². The predicted molar refractivity (Wildman–Crippen MR) is 91.7 cm³/mol. The lowest BCUT2D eigenvalue weighted by Gasteiger charge is -2.30. The maximum atomic E-state index is 12.2. The summed E-state index contributed by atoms with van der Waals surface area (Å²) in [4.78, 5) is 12.2. The molecule has 1 heterocycles. The van der Waals surface area contributed by atoms with Crippen molar-refractivity contribution in [2.24, 2.45) is 5.92 Å². The summed E-state index contributed by atoms with van der Waals surface area (Å²) >= 11 is 0. The SMILES string of the molecule is CC(C)Oc1cccc(CC(=O)NC2CCNCC2C)c1.Cl. The largest absolute Gasteiger partial charge is 0.491 e. The number of nitrogens with one attached hydrogen (secondary N) is 2. The zero-order chi connectivity index (χ0) is 15.2. The molecule has 5 heteroatoms. The lowest BCUT2D eigenvalue weighted by molar-refractivity contribution is -0.121. The van der Waals surface area contributed by atoms with Gasteiger partial charge in [-0.3, -0.25) is 4.79 Å². The van der Waals surface area contributed by atoms with Gasteiger partial charge in [-0.15, -0.1) is 12.4 Å². The molecule has 1 saturated heterocycles. The molecule has 1 aromatic rings. The van der Waals surface area contributed by atoms with Crippen molar-refractivity contribution in [2.45, 2.75) is 45.8 Å². The number of hydrogen-bond acceptors (Lipinski definition) is 3. The first kappa shape index (κ1) is 18.8. The van der Waals surface area contributed by atoms with E-state index in [1.54, 1.807) is 0 Å². The second-order valence-electron chi connectivity index (χ2n) is 6.13. The van der Waals surface area contributed by atoms with Gasteiger partial charge in [-0.1, -0.05) is 19.1 Å². The van der Waals surface area contributed by atoms with Crippen LogP contribution < -0.4 is 15.4 Å². The molecule has 1 aliphatic heterocycles. The van der Waals surface area contributed by atoms with E-state index in [-0.39, 0.29) is 30.5 Å². The number of ether oxygens (including phenoxy) is 1. The van der Waals surface area contributed by atoms with Crippen LogP contribution in [0.4, 0.5) is 0 Å². The molecular weight excluding hydrogens is 300 g/mol. The Morgan fingerprint density at radius 2 is 2.23 bits per heavy atom. The zero-order valence-electron chi connectivity index (χ0n) is 13.6. The fourth-order valence-corrected chi connectivity index (χ4v) is 2.67. The second kappa shape index (κ2) is 9.01. The van der Waals surface area contributed by atoms with E-state index in [9.17, 15) is 4.79 Å². The third-order valence-corrected chi connectivity index (χ3v) is 3.77. The molecule has 0 spiro atoms. The van der Waals surface area contributed by atoms with Gasteiger partial charge in [-0.05, 0) is 57.0 Å². The number of rotatable bonds is 5.